The second kappa shape index (κ2) is 8.83. The van der Waals surface area contributed by atoms with Gasteiger partial charge in [0.05, 0.1) is 19.2 Å². The van der Waals surface area contributed by atoms with E-state index in [4.69, 9.17) is 0 Å². The number of pyridine rings is 1. The molecule has 0 aliphatic heterocycles. The summed E-state index contributed by atoms with van der Waals surface area (Å²) in [6.07, 6.45) is 12.3. The Labute approximate surface area is 165 Å². The van der Waals surface area contributed by atoms with Gasteiger partial charge in [-0.1, -0.05) is 55.7 Å². The first-order valence-corrected chi connectivity index (χ1v) is 10.1. The quantitative estimate of drug-likeness (QED) is 0.688. The fourth-order valence-electron chi connectivity index (χ4n) is 3.88. The number of carbonyl (C=O) groups excluding carboxylic acids is 1. The van der Waals surface area contributed by atoms with Crippen molar-refractivity contribution >= 4 is 11.7 Å². The first kappa shape index (κ1) is 18.4. The molecule has 0 spiro atoms. The van der Waals surface area contributed by atoms with Crippen LogP contribution in [0.2, 0.25) is 0 Å². The fourth-order valence-corrected chi connectivity index (χ4v) is 3.88. The maximum Gasteiger partial charge on any atom is 0.230 e. The highest BCUT2D eigenvalue weighted by Crippen LogP contribution is 2.32. The topological polar surface area (TPSA) is 59.8 Å². The SMILES string of the molecule is O=C(Cc1cnn(Cc2ccccc2)c1)Nc1ccc(C2CCCCC2)cn1. The predicted octanol–water partition coefficient (Wildman–Crippen LogP) is 4.56. The van der Waals surface area contributed by atoms with Crippen molar-refractivity contribution in [2.75, 3.05) is 5.32 Å². The summed E-state index contributed by atoms with van der Waals surface area (Å²) in [6, 6.07) is 14.2. The highest BCUT2D eigenvalue weighted by Gasteiger charge is 2.16. The molecule has 144 valence electrons. The van der Waals surface area contributed by atoms with E-state index in [1.54, 1.807) is 6.20 Å². The van der Waals surface area contributed by atoms with Crippen molar-refractivity contribution in [2.45, 2.75) is 51.0 Å². The number of nitrogens with zero attached hydrogens (tertiary/aromatic N) is 3. The molecule has 2 heterocycles. The average Bonchev–Trinajstić information content (AvgIpc) is 3.16. The summed E-state index contributed by atoms with van der Waals surface area (Å²) in [7, 11) is 0. The molecule has 1 amide bonds. The van der Waals surface area contributed by atoms with E-state index in [0.29, 0.717) is 24.7 Å². The van der Waals surface area contributed by atoms with Crippen molar-refractivity contribution in [1.29, 1.82) is 0 Å². The number of aromatic nitrogens is 3. The summed E-state index contributed by atoms with van der Waals surface area (Å²) in [5.41, 5.74) is 3.37. The van der Waals surface area contributed by atoms with Gasteiger partial charge in [0.1, 0.15) is 5.82 Å². The molecule has 1 N–H and O–H groups in total. The van der Waals surface area contributed by atoms with Crippen molar-refractivity contribution in [3.8, 4) is 0 Å². The monoisotopic (exact) mass is 374 g/mol. The Bertz CT molecular complexity index is 896. The Morgan fingerprint density at radius 2 is 1.82 bits per heavy atom. The third-order valence-corrected chi connectivity index (χ3v) is 5.37. The first-order chi connectivity index (χ1) is 13.8. The standard InChI is InChI=1S/C23H26N4O/c28-23(13-19-14-25-27(17-19)16-18-7-3-1-4-8-18)26-22-12-11-21(15-24-22)20-9-5-2-6-10-20/h1,3-4,7-8,11-12,14-15,17,20H,2,5-6,9-10,13,16H2,(H,24,26,28). The Morgan fingerprint density at radius 1 is 1.00 bits per heavy atom. The highest BCUT2D eigenvalue weighted by molar-refractivity contribution is 5.91. The van der Waals surface area contributed by atoms with E-state index in [1.807, 2.05) is 41.3 Å². The van der Waals surface area contributed by atoms with E-state index in [0.717, 1.165) is 5.56 Å². The van der Waals surface area contributed by atoms with Gasteiger partial charge in [-0.3, -0.25) is 9.48 Å². The summed E-state index contributed by atoms with van der Waals surface area (Å²) in [4.78, 5) is 16.8. The minimum atomic E-state index is -0.0721. The predicted molar refractivity (Wildman–Crippen MR) is 110 cm³/mol. The van der Waals surface area contributed by atoms with Crippen molar-refractivity contribution in [1.82, 2.24) is 14.8 Å². The Balaban J connectivity index is 1.30. The minimum Gasteiger partial charge on any atom is -0.310 e. The second-order valence-electron chi connectivity index (χ2n) is 7.57. The van der Waals surface area contributed by atoms with Crippen molar-refractivity contribution in [3.63, 3.8) is 0 Å². The molecule has 0 saturated heterocycles. The van der Waals surface area contributed by atoms with Gasteiger partial charge in [-0.25, -0.2) is 4.98 Å². The lowest BCUT2D eigenvalue weighted by atomic mass is 9.85. The summed E-state index contributed by atoms with van der Waals surface area (Å²) in [5, 5.41) is 7.25. The first-order valence-electron chi connectivity index (χ1n) is 10.1. The van der Waals surface area contributed by atoms with Crippen LogP contribution in [0.4, 0.5) is 5.82 Å². The third kappa shape index (κ3) is 4.85. The van der Waals surface area contributed by atoms with Gasteiger partial charge in [0, 0.05) is 12.4 Å². The van der Waals surface area contributed by atoms with E-state index in [2.05, 4.69) is 33.6 Å². The Hall–Kier alpha value is -2.95. The zero-order valence-corrected chi connectivity index (χ0v) is 16.1. The number of hydrogen-bond donors (Lipinski definition) is 1. The molecule has 1 saturated carbocycles. The molecule has 1 fully saturated rings. The van der Waals surface area contributed by atoms with E-state index in [1.165, 1.54) is 43.2 Å². The van der Waals surface area contributed by atoms with Crippen molar-refractivity contribution < 1.29 is 4.79 Å². The lowest BCUT2D eigenvalue weighted by Crippen LogP contribution is -2.15. The Morgan fingerprint density at radius 3 is 2.57 bits per heavy atom. The van der Waals surface area contributed by atoms with E-state index >= 15 is 0 Å². The zero-order chi connectivity index (χ0) is 19.2. The Kier molecular flexibility index (Phi) is 5.80. The van der Waals surface area contributed by atoms with Crippen LogP contribution in [-0.4, -0.2) is 20.7 Å². The number of hydrogen-bond acceptors (Lipinski definition) is 3. The van der Waals surface area contributed by atoms with Crippen LogP contribution in [0.1, 0.15) is 54.7 Å². The van der Waals surface area contributed by atoms with Crippen LogP contribution in [0.25, 0.3) is 0 Å². The second-order valence-corrected chi connectivity index (χ2v) is 7.57. The van der Waals surface area contributed by atoms with Crippen LogP contribution in [0.3, 0.4) is 0 Å². The molecule has 5 heteroatoms. The maximum atomic E-state index is 12.3. The summed E-state index contributed by atoms with van der Waals surface area (Å²) in [6.45, 7) is 0.701. The molecule has 4 rings (SSSR count). The molecule has 1 aliphatic carbocycles. The summed E-state index contributed by atoms with van der Waals surface area (Å²) < 4.78 is 1.86. The molecule has 0 bridgehead atoms. The molecule has 1 aliphatic rings. The summed E-state index contributed by atoms with van der Waals surface area (Å²) in [5.74, 6) is 1.17. The fraction of sp³-hybridized carbons (Fsp3) is 0.348. The normalized spacial score (nSPS) is 14.7. The van der Waals surface area contributed by atoms with E-state index in [9.17, 15) is 4.79 Å². The van der Waals surface area contributed by atoms with Crippen LogP contribution in [0, 0.1) is 0 Å². The molecular weight excluding hydrogens is 348 g/mol. The number of rotatable bonds is 6. The highest BCUT2D eigenvalue weighted by atomic mass is 16.1. The number of anilines is 1. The van der Waals surface area contributed by atoms with Crippen LogP contribution >= 0.6 is 0 Å². The molecular formula is C23H26N4O. The number of carbonyl (C=O) groups is 1. The van der Waals surface area contributed by atoms with Gasteiger partial charge < -0.3 is 5.32 Å². The van der Waals surface area contributed by atoms with Crippen LogP contribution < -0.4 is 5.32 Å². The van der Waals surface area contributed by atoms with Gasteiger partial charge in [0.25, 0.3) is 0 Å². The van der Waals surface area contributed by atoms with Crippen molar-refractivity contribution in [2.24, 2.45) is 0 Å². The van der Waals surface area contributed by atoms with Gasteiger partial charge in [-0.15, -0.1) is 0 Å². The van der Waals surface area contributed by atoms with Crippen LogP contribution in [-0.2, 0) is 17.8 Å². The van der Waals surface area contributed by atoms with Gasteiger partial charge in [0.2, 0.25) is 5.91 Å². The molecule has 0 radical (unpaired) electrons. The molecule has 1 aromatic carbocycles. The molecule has 2 aromatic heterocycles. The van der Waals surface area contributed by atoms with Crippen LogP contribution in [0.5, 0.6) is 0 Å². The third-order valence-electron chi connectivity index (χ3n) is 5.37. The van der Waals surface area contributed by atoms with Crippen LogP contribution in [0.15, 0.2) is 61.1 Å². The van der Waals surface area contributed by atoms with Gasteiger partial charge in [0.15, 0.2) is 0 Å². The minimum absolute atomic E-state index is 0.0721. The summed E-state index contributed by atoms with van der Waals surface area (Å²) >= 11 is 0. The molecule has 5 nitrogen and oxygen atoms in total. The molecule has 0 unspecified atom stereocenters. The number of nitrogens with one attached hydrogen (secondary N) is 1. The van der Waals surface area contributed by atoms with E-state index in [-0.39, 0.29) is 5.91 Å². The number of amides is 1. The molecule has 28 heavy (non-hydrogen) atoms. The smallest absolute Gasteiger partial charge is 0.230 e. The lowest BCUT2D eigenvalue weighted by Gasteiger charge is -2.21. The van der Waals surface area contributed by atoms with Crippen molar-refractivity contribution in [3.05, 3.63) is 77.7 Å². The largest absolute Gasteiger partial charge is 0.310 e. The average molecular weight is 374 g/mol. The zero-order valence-electron chi connectivity index (χ0n) is 16.1. The molecule has 3 aromatic rings. The molecule has 0 atom stereocenters. The van der Waals surface area contributed by atoms with E-state index < -0.39 is 0 Å². The maximum absolute atomic E-state index is 12.3. The van der Waals surface area contributed by atoms with Gasteiger partial charge >= 0.3 is 0 Å². The van der Waals surface area contributed by atoms with Gasteiger partial charge in [-0.2, -0.15) is 5.10 Å². The lowest BCUT2D eigenvalue weighted by molar-refractivity contribution is -0.115. The number of benzene rings is 1. The van der Waals surface area contributed by atoms with Gasteiger partial charge in [-0.05, 0) is 41.5 Å².